The molecular formula is C14H19N3O2. The van der Waals surface area contributed by atoms with E-state index in [0.29, 0.717) is 11.7 Å². The maximum atomic E-state index is 9.84. The number of hydrogen-bond donors (Lipinski definition) is 2. The van der Waals surface area contributed by atoms with Crippen molar-refractivity contribution in [3.8, 4) is 0 Å². The van der Waals surface area contributed by atoms with Crippen LogP contribution < -0.4 is 5.73 Å². The van der Waals surface area contributed by atoms with Crippen LogP contribution in [0.1, 0.15) is 24.2 Å². The lowest BCUT2D eigenvalue weighted by Crippen LogP contribution is -2.36. The topological polar surface area (TPSA) is 85.2 Å². The molecule has 5 nitrogen and oxygen atoms in total. The summed E-state index contributed by atoms with van der Waals surface area (Å²) < 4.78 is 5.11. The number of benzene rings is 1. The molecule has 3 N–H and O–H groups in total. The van der Waals surface area contributed by atoms with Gasteiger partial charge in [-0.3, -0.25) is 0 Å². The van der Waals surface area contributed by atoms with Gasteiger partial charge in [-0.15, -0.1) is 0 Å². The van der Waals surface area contributed by atoms with Crippen molar-refractivity contribution < 1.29 is 9.63 Å². The van der Waals surface area contributed by atoms with Crippen molar-refractivity contribution in [1.82, 2.24) is 10.1 Å². The molecule has 1 unspecified atom stereocenters. The summed E-state index contributed by atoms with van der Waals surface area (Å²) in [6.45, 7) is 1.82. The van der Waals surface area contributed by atoms with Gasteiger partial charge in [0, 0.05) is 13.0 Å². The molecule has 1 atom stereocenters. The fraction of sp³-hybridized carbons (Fsp3) is 0.429. The number of nitrogens with two attached hydrogens (primary N) is 1. The SMILES string of the molecule is CC(O)(CN)Cc1nc(CCc2ccccc2)no1. The molecule has 0 aliphatic rings. The molecule has 0 saturated heterocycles. The minimum Gasteiger partial charge on any atom is -0.388 e. The predicted molar refractivity (Wildman–Crippen MR) is 71.5 cm³/mol. The summed E-state index contributed by atoms with van der Waals surface area (Å²) >= 11 is 0. The molecule has 0 aliphatic carbocycles. The van der Waals surface area contributed by atoms with Gasteiger partial charge in [-0.25, -0.2) is 0 Å². The fourth-order valence-electron chi connectivity index (χ4n) is 1.76. The molecule has 0 bridgehead atoms. The highest BCUT2D eigenvalue weighted by atomic mass is 16.5. The lowest BCUT2D eigenvalue weighted by Gasteiger charge is -2.17. The van der Waals surface area contributed by atoms with Crippen molar-refractivity contribution in [2.45, 2.75) is 31.8 Å². The molecule has 2 rings (SSSR count). The quantitative estimate of drug-likeness (QED) is 0.813. The summed E-state index contributed by atoms with van der Waals surface area (Å²) in [5.74, 6) is 1.09. The Morgan fingerprint density at radius 2 is 2.00 bits per heavy atom. The van der Waals surface area contributed by atoms with E-state index in [2.05, 4.69) is 22.3 Å². The van der Waals surface area contributed by atoms with E-state index in [1.54, 1.807) is 6.92 Å². The van der Waals surface area contributed by atoms with Crippen LogP contribution in [-0.2, 0) is 19.3 Å². The zero-order valence-electron chi connectivity index (χ0n) is 11.0. The monoisotopic (exact) mass is 261 g/mol. The summed E-state index contributed by atoms with van der Waals surface area (Å²) in [5, 5.41) is 13.8. The average Bonchev–Trinajstić information content (AvgIpc) is 2.84. The van der Waals surface area contributed by atoms with Crippen LogP contribution in [-0.4, -0.2) is 27.4 Å². The van der Waals surface area contributed by atoms with E-state index in [1.807, 2.05) is 18.2 Å². The predicted octanol–water partition coefficient (Wildman–Crippen LogP) is 1.11. The molecule has 0 saturated carbocycles. The summed E-state index contributed by atoms with van der Waals surface area (Å²) in [5.41, 5.74) is 5.70. The summed E-state index contributed by atoms with van der Waals surface area (Å²) in [6, 6.07) is 10.1. The first kappa shape index (κ1) is 13.7. The molecule has 0 aliphatic heterocycles. The number of nitrogens with zero attached hydrogens (tertiary/aromatic N) is 2. The molecule has 2 aromatic rings. The van der Waals surface area contributed by atoms with Crippen molar-refractivity contribution in [2.75, 3.05) is 6.54 Å². The molecule has 102 valence electrons. The van der Waals surface area contributed by atoms with Crippen molar-refractivity contribution in [2.24, 2.45) is 5.73 Å². The average molecular weight is 261 g/mol. The van der Waals surface area contributed by atoms with Gasteiger partial charge >= 0.3 is 0 Å². The van der Waals surface area contributed by atoms with Crippen molar-refractivity contribution in [1.29, 1.82) is 0 Å². The Labute approximate surface area is 112 Å². The number of hydrogen-bond acceptors (Lipinski definition) is 5. The Kier molecular flexibility index (Phi) is 4.29. The lowest BCUT2D eigenvalue weighted by atomic mass is 10.0. The Hall–Kier alpha value is -1.72. The van der Waals surface area contributed by atoms with Crippen LogP contribution in [0, 0.1) is 0 Å². The minimum atomic E-state index is -0.997. The Bertz CT molecular complexity index is 508. The highest BCUT2D eigenvalue weighted by Crippen LogP contribution is 2.11. The van der Waals surface area contributed by atoms with Crippen molar-refractivity contribution >= 4 is 0 Å². The lowest BCUT2D eigenvalue weighted by molar-refractivity contribution is 0.0610. The molecule has 19 heavy (non-hydrogen) atoms. The summed E-state index contributed by atoms with van der Waals surface area (Å²) in [4.78, 5) is 4.27. The zero-order chi connectivity index (χ0) is 13.7. The van der Waals surface area contributed by atoms with Crippen molar-refractivity contribution in [3.05, 3.63) is 47.6 Å². The van der Waals surface area contributed by atoms with Crippen LogP contribution in [0.2, 0.25) is 0 Å². The second-order valence-electron chi connectivity index (χ2n) is 4.97. The van der Waals surface area contributed by atoms with Gasteiger partial charge in [0.05, 0.1) is 12.0 Å². The number of aromatic nitrogens is 2. The Morgan fingerprint density at radius 1 is 1.26 bits per heavy atom. The highest BCUT2D eigenvalue weighted by Gasteiger charge is 2.22. The molecule has 1 aromatic carbocycles. The first-order chi connectivity index (χ1) is 9.09. The summed E-state index contributed by atoms with van der Waals surface area (Å²) in [6.07, 6.45) is 1.87. The van der Waals surface area contributed by atoms with Gasteiger partial charge in [-0.2, -0.15) is 4.98 Å². The molecule has 1 heterocycles. The van der Waals surface area contributed by atoms with E-state index in [1.165, 1.54) is 5.56 Å². The van der Waals surface area contributed by atoms with Gasteiger partial charge in [-0.05, 0) is 18.9 Å². The standard InChI is InChI=1S/C14H19N3O2/c1-14(18,10-15)9-13-16-12(17-19-13)8-7-11-5-3-2-4-6-11/h2-6,18H,7-10,15H2,1H3. The largest absolute Gasteiger partial charge is 0.388 e. The molecular weight excluding hydrogens is 242 g/mol. The molecule has 0 spiro atoms. The summed E-state index contributed by atoms with van der Waals surface area (Å²) in [7, 11) is 0. The van der Waals surface area contributed by atoms with E-state index in [-0.39, 0.29) is 13.0 Å². The van der Waals surface area contributed by atoms with Gasteiger partial charge in [0.1, 0.15) is 0 Å². The van der Waals surface area contributed by atoms with Gasteiger partial charge in [0.25, 0.3) is 0 Å². The highest BCUT2D eigenvalue weighted by molar-refractivity contribution is 5.15. The first-order valence-electron chi connectivity index (χ1n) is 6.37. The normalized spacial score (nSPS) is 14.3. The smallest absolute Gasteiger partial charge is 0.229 e. The molecule has 0 amide bonds. The van der Waals surface area contributed by atoms with Crippen molar-refractivity contribution in [3.63, 3.8) is 0 Å². The Balaban J connectivity index is 1.91. The van der Waals surface area contributed by atoms with Gasteiger partial charge in [0.2, 0.25) is 5.89 Å². The maximum Gasteiger partial charge on any atom is 0.229 e. The third-order valence-electron chi connectivity index (χ3n) is 2.96. The van der Waals surface area contributed by atoms with Gasteiger partial charge < -0.3 is 15.4 Å². The van der Waals surface area contributed by atoms with Crippen LogP contribution in [0.25, 0.3) is 0 Å². The molecule has 1 aromatic heterocycles. The number of aliphatic hydroxyl groups is 1. The Morgan fingerprint density at radius 3 is 2.68 bits per heavy atom. The van der Waals surface area contributed by atoms with Crippen LogP contribution in [0.5, 0.6) is 0 Å². The molecule has 5 heteroatoms. The number of rotatable bonds is 6. The van der Waals surface area contributed by atoms with E-state index in [9.17, 15) is 5.11 Å². The van der Waals surface area contributed by atoms with E-state index < -0.39 is 5.60 Å². The van der Waals surface area contributed by atoms with E-state index in [0.717, 1.165) is 12.8 Å². The third kappa shape index (κ3) is 4.15. The van der Waals surface area contributed by atoms with Crippen LogP contribution in [0.4, 0.5) is 0 Å². The maximum absolute atomic E-state index is 9.84. The first-order valence-corrected chi connectivity index (χ1v) is 6.37. The number of aryl methyl sites for hydroxylation is 2. The van der Waals surface area contributed by atoms with Crippen LogP contribution in [0.15, 0.2) is 34.9 Å². The van der Waals surface area contributed by atoms with Gasteiger partial charge in [-0.1, -0.05) is 35.5 Å². The minimum absolute atomic E-state index is 0.161. The molecule has 0 fully saturated rings. The van der Waals surface area contributed by atoms with Crippen LogP contribution in [0.3, 0.4) is 0 Å². The molecule has 0 radical (unpaired) electrons. The van der Waals surface area contributed by atoms with Crippen LogP contribution >= 0.6 is 0 Å². The van der Waals surface area contributed by atoms with E-state index in [4.69, 9.17) is 10.3 Å². The third-order valence-corrected chi connectivity index (χ3v) is 2.96. The van der Waals surface area contributed by atoms with E-state index >= 15 is 0 Å². The van der Waals surface area contributed by atoms with Gasteiger partial charge in [0.15, 0.2) is 5.82 Å². The zero-order valence-corrected chi connectivity index (χ0v) is 11.0. The second kappa shape index (κ2) is 5.95. The fourth-order valence-corrected chi connectivity index (χ4v) is 1.76. The second-order valence-corrected chi connectivity index (χ2v) is 4.97.